The zero-order valence-electron chi connectivity index (χ0n) is 11.1. The van der Waals surface area contributed by atoms with Crippen LogP contribution in [0.1, 0.15) is 34.7 Å². The summed E-state index contributed by atoms with van der Waals surface area (Å²) in [5.41, 5.74) is 0.767. The fourth-order valence-corrected chi connectivity index (χ4v) is 2.14. The summed E-state index contributed by atoms with van der Waals surface area (Å²) in [5.74, 6) is 0.109. The molecule has 1 saturated heterocycles. The van der Waals surface area contributed by atoms with Gasteiger partial charge in [-0.25, -0.2) is 4.98 Å². The number of rotatable bonds is 3. The molecule has 6 nitrogen and oxygen atoms in total. The Kier molecular flexibility index (Phi) is 4.21. The van der Waals surface area contributed by atoms with E-state index >= 15 is 0 Å². The molecule has 2 rings (SSSR count). The average Bonchev–Trinajstić information content (AvgIpc) is 2.39. The second-order valence-corrected chi connectivity index (χ2v) is 4.64. The average molecular weight is 263 g/mol. The van der Waals surface area contributed by atoms with Crippen molar-refractivity contribution in [3.63, 3.8) is 0 Å². The van der Waals surface area contributed by atoms with E-state index < -0.39 is 0 Å². The first-order valence-corrected chi connectivity index (χ1v) is 6.34. The van der Waals surface area contributed by atoms with Crippen LogP contribution in [0.15, 0.2) is 0 Å². The second-order valence-electron chi connectivity index (χ2n) is 4.64. The van der Waals surface area contributed by atoms with Crippen LogP contribution in [0.4, 0.5) is 0 Å². The third-order valence-corrected chi connectivity index (χ3v) is 3.20. The highest BCUT2D eigenvalue weighted by atomic mass is 16.5. The van der Waals surface area contributed by atoms with Gasteiger partial charge in [0.2, 0.25) is 5.88 Å². The lowest BCUT2D eigenvalue weighted by Crippen LogP contribution is -2.34. The van der Waals surface area contributed by atoms with Crippen LogP contribution < -0.4 is 10.1 Å². The van der Waals surface area contributed by atoms with Crippen LogP contribution in [0, 0.1) is 19.8 Å². The molecule has 1 aromatic rings. The predicted molar refractivity (Wildman–Crippen MR) is 68.1 cm³/mol. The van der Waals surface area contributed by atoms with Crippen molar-refractivity contribution >= 4 is 12.3 Å². The van der Waals surface area contributed by atoms with Gasteiger partial charge in [-0.1, -0.05) is 0 Å². The molecule has 6 heteroatoms. The van der Waals surface area contributed by atoms with Gasteiger partial charge < -0.3 is 10.1 Å². The normalized spacial score (nSPS) is 16.1. The number of carbonyl (C=O) groups excluding carboxylic acids is 2. The minimum absolute atomic E-state index is 0.0727. The van der Waals surface area contributed by atoms with Crippen molar-refractivity contribution in [1.82, 2.24) is 15.3 Å². The molecule has 1 N–H and O–H groups in total. The highest BCUT2D eigenvalue weighted by Gasteiger charge is 2.24. The lowest BCUT2D eigenvalue weighted by molar-refractivity contribution is -0.140. The van der Waals surface area contributed by atoms with Gasteiger partial charge in [-0.05, 0) is 39.8 Å². The van der Waals surface area contributed by atoms with Gasteiger partial charge in [0, 0.05) is 0 Å². The molecule has 1 aliphatic rings. The van der Waals surface area contributed by atoms with Crippen LogP contribution in [-0.2, 0) is 4.79 Å². The molecule has 0 bridgehead atoms. The van der Waals surface area contributed by atoms with E-state index in [-0.39, 0.29) is 23.3 Å². The molecule has 1 fully saturated rings. The topological polar surface area (TPSA) is 81.2 Å². The Labute approximate surface area is 111 Å². The number of aldehydes is 1. The molecular formula is C13H17N3O3. The smallest absolute Gasteiger partial charge is 0.315 e. The monoisotopic (exact) mass is 263 g/mol. The van der Waals surface area contributed by atoms with Gasteiger partial charge in [0.05, 0.1) is 17.2 Å². The van der Waals surface area contributed by atoms with Crippen LogP contribution in [0.25, 0.3) is 0 Å². The lowest BCUT2D eigenvalue weighted by atomic mass is 9.98. The van der Waals surface area contributed by atoms with E-state index in [1.165, 1.54) is 0 Å². The number of carbonyl (C=O) groups is 2. The predicted octanol–water partition coefficient (Wildman–Crippen LogP) is 0.811. The minimum Gasteiger partial charge on any atom is -0.406 e. The van der Waals surface area contributed by atoms with Crippen molar-refractivity contribution in [2.24, 2.45) is 5.92 Å². The van der Waals surface area contributed by atoms with Gasteiger partial charge in [0.25, 0.3) is 0 Å². The second kappa shape index (κ2) is 5.88. The van der Waals surface area contributed by atoms with Crippen molar-refractivity contribution in [3.05, 3.63) is 17.1 Å². The maximum absolute atomic E-state index is 12.0. The zero-order chi connectivity index (χ0) is 13.8. The van der Waals surface area contributed by atoms with Gasteiger partial charge in [-0.15, -0.1) is 0 Å². The Morgan fingerprint density at radius 1 is 1.32 bits per heavy atom. The summed E-state index contributed by atoms with van der Waals surface area (Å²) in [6.45, 7) is 5.01. The molecule has 0 saturated carbocycles. The lowest BCUT2D eigenvalue weighted by Gasteiger charge is -2.21. The van der Waals surface area contributed by atoms with Crippen molar-refractivity contribution in [3.8, 4) is 5.88 Å². The molecule has 0 atom stereocenters. The van der Waals surface area contributed by atoms with E-state index in [1.807, 2.05) is 0 Å². The standard InChI is InChI=1S/C13H17N3O3/c1-8-11(7-17)12(16-9(2)15-8)19-13(18)10-3-5-14-6-4-10/h7,10,14H,3-6H2,1-2H3. The first-order valence-electron chi connectivity index (χ1n) is 6.34. The van der Waals surface area contributed by atoms with E-state index in [2.05, 4.69) is 15.3 Å². The van der Waals surface area contributed by atoms with E-state index in [0.29, 0.717) is 17.8 Å². The van der Waals surface area contributed by atoms with Gasteiger partial charge >= 0.3 is 5.97 Å². The number of aryl methyl sites for hydroxylation is 2. The van der Waals surface area contributed by atoms with Crippen LogP contribution in [-0.4, -0.2) is 35.3 Å². The summed E-state index contributed by atoms with van der Waals surface area (Å²) >= 11 is 0. The number of nitrogens with one attached hydrogen (secondary N) is 1. The molecule has 1 aliphatic heterocycles. The highest BCUT2D eigenvalue weighted by Crippen LogP contribution is 2.20. The molecule has 2 heterocycles. The highest BCUT2D eigenvalue weighted by molar-refractivity contribution is 5.83. The molecular weight excluding hydrogens is 246 g/mol. The zero-order valence-corrected chi connectivity index (χ0v) is 11.1. The number of nitrogens with zero attached hydrogens (tertiary/aromatic N) is 2. The van der Waals surface area contributed by atoms with Gasteiger partial charge in [-0.2, -0.15) is 4.98 Å². The number of ether oxygens (including phenoxy) is 1. The largest absolute Gasteiger partial charge is 0.406 e. The summed E-state index contributed by atoms with van der Waals surface area (Å²) in [5, 5.41) is 3.18. The molecule has 19 heavy (non-hydrogen) atoms. The van der Waals surface area contributed by atoms with Crippen LogP contribution in [0.3, 0.4) is 0 Å². The van der Waals surface area contributed by atoms with E-state index in [9.17, 15) is 9.59 Å². The van der Waals surface area contributed by atoms with E-state index in [4.69, 9.17) is 4.74 Å². The van der Waals surface area contributed by atoms with Crippen molar-refractivity contribution in [2.75, 3.05) is 13.1 Å². The maximum atomic E-state index is 12.0. The first-order chi connectivity index (χ1) is 9.11. The van der Waals surface area contributed by atoms with Gasteiger partial charge in [-0.3, -0.25) is 9.59 Å². The van der Waals surface area contributed by atoms with E-state index in [0.717, 1.165) is 25.9 Å². The number of hydrogen-bond donors (Lipinski definition) is 1. The molecule has 0 unspecified atom stereocenters. The third-order valence-electron chi connectivity index (χ3n) is 3.20. The quantitative estimate of drug-likeness (QED) is 0.642. The molecule has 0 aliphatic carbocycles. The SMILES string of the molecule is Cc1nc(C)c(C=O)c(OC(=O)C2CCNCC2)n1. The Morgan fingerprint density at radius 3 is 2.63 bits per heavy atom. The Morgan fingerprint density at radius 2 is 2.00 bits per heavy atom. The Hall–Kier alpha value is -1.82. The third kappa shape index (κ3) is 3.14. The van der Waals surface area contributed by atoms with Crippen LogP contribution in [0.5, 0.6) is 5.88 Å². The van der Waals surface area contributed by atoms with Crippen molar-refractivity contribution in [1.29, 1.82) is 0 Å². The number of hydrogen-bond acceptors (Lipinski definition) is 6. The number of aromatic nitrogens is 2. The number of piperidine rings is 1. The van der Waals surface area contributed by atoms with Gasteiger partial charge in [0.1, 0.15) is 5.82 Å². The molecule has 0 amide bonds. The Balaban J connectivity index is 2.17. The summed E-state index contributed by atoms with van der Waals surface area (Å²) in [6.07, 6.45) is 2.12. The summed E-state index contributed by atoms with van der Waals surface area (Å²) < 4.78 is 5.29. The van der Waals surface area contributed by atoms with E-state index in [1.54, 1.807) is 13.8 Å². The van der Waals surface area contributed by atoms with Crippen LogP contribution in [0.2, 0.25) is 0 Å². The summed E-state index contributed by atoms with van der Waals surface area (Å²) in [4.78, 5) is 31.2. The molecule has 0 spiro atoms. The maximum Gasteiger partial charge on any atom is 0.315 e. The van der Waals surface area contributed by atoms with Crippen molar-refractivity contribution in [2.45, 2.75) is 26.7 Å². The molecule has 1 aromatic heterocycles. The van der Waals surface area contributed by atoms with Crippen molar-refractivity contribution < 1.29 is 14.3 Å². The molecule has 102 valence electrons. The molecule has 0 aromatic carbocycles. The first kappa shape index (κ1) is 13.6. The molecule has 0 radical (unpaired) electrons. The van der Waals surface area contributed by atoms with Gasteiger partial charge in [0.15, 0.2) is 6.29 Å². The minimum atomic E-state index is -0.317. The fourth-order valence-electron chi connectivity index (χ4n) is 2.14. The Bertz CT molecular complexity index is 496. The summed E-state index contributed by atoms with van der Waals surface area (Å²) in [7, 11) is 0. The summed E-state index contributed by atoms with van der Waals surface area (Å²) in [6, 6.07) is 0. The van der Waals surface area contributed by atoms with Crippen LogP contribution >= 0.6 is 0 Å². The number of esters is 1. The fraction of sp³-hybridized carbons (Fsp3) is 0.538.